The molecule has 25 heteroatoms. The first-order valence-corrected chi connectivity index (χ1v) is 23.9. The molecule has 4 bridgehead atoms. The summed E-state index contributed by atoms with van der Waals surface area (Å²) in [6.07, 6.45) is -2.41. The van der Waals surface area contributed by atoms with Crippen molar-refractivity contribution in [3.8, 4) is 34.5 Å². The van der Waals surface area contributed by atoms with Crippen LogP contribution in [0.15, 0.2) is 97.1 Å². The average molecular weight is 1080 g/mol. The van der Waals surface area contributed by atoms with E-state index in [9.17, 15) is 48.9 Å². The number of nitro groups is 2. The second-order valence-electron chi connectivity index (χ2n) is 18.8. The number of esters is 1. The number of carbonyl (C=O) groups is 6. The molecule has 0 fully saturated rings. The maximum Gasteiger partial charge on any atom is 0.408 e. The number of aromatic hydroxyl groups is 1. The number of hydrogen-bond acceptors (Lipinski definition) is 17. The third kappa shape index (κ3) is 14.6. The molecule has 5 atom stereocenters. The number of phenolic OH excluding ortho intramolecular Hbond substituents is 1. The second-order valence-corrected chi connectivity index (χ2v) is 18.8. The summed E-state index contributed by atoms with van der Waals surface area (Å²) >= 11 is 0. The van der Waals surface area contributed by atoms with Crippen LogP contribution in [0.2, 0.25) is 0 Å². The number of methoxy groups -OCH3 is 3. The Bertz CT molecular complexity index is 3110. The van der Waals surface area contributed by atoms with E-state index < -0.39 is 128 Å². The van der Waals surface area contributed by atoms with E-state index in [1.807, 2.05) is 0 Å². The minimum absolute atomic E-state index is 0.00216. The monoisotopic (exact) mass is 1080 g/mol. The van der Waals surface area contributed by atoms with E-state index in [1.165, 1.54) is 61.7 Å². The van der Waals surface area contributed by atoms with Crippen LogP contribution < -0.4 is 45.5 Å². The summed E-state index contributed by atoms with van der Waals surface area (Å²) in [7, 11) is 3.60. The molecule has 0 saturated heterocycles. The first kappa shape index (κ1) is 57.7. The predicted molar refractivity (Wildman–Crippen MR) is 273 cm³/mol. The van der Waals surface area contributed by atoms with Crippen LogP contribution in [-0.4, -0.2) is 95.8 Å². The number of alkyl carbamates (subject to hydrolysis) is 1. The van der Waals surface area contributed by atoms with Crippen molar-refractivity contribution in [2.45, 2.75) is 89.4 Å². The zero-order chi connectivity index (χ0) is 57.2. The van der Waals surface area contributed by atoms with Crippen molar-refractivity contribution in [3.63, 3.8) is 0 Å². The summed E-state index contributed by atoms with van der Waals surface area (Å²) in [6.45, 7) is 8.09. The number of benzene rings is 5. The van der Waals surface area contributed by atoms with Gasteiger partial charge < -0.3 is 60.1 Å². The minimum Gasteiger partial charge on any atom is -0.504 e. The number of amides is 5. The molecule has 2 heterocycles. The Morgan fingerprint density at radius 3 is 2.13 bits per heavy atom. The molecule has 0 aromatic heterocycles. The molecule has 2 aliphatic rings. The minimum atomic E-state index is -2.02. The van der Waals surface area contributed by atoms with Gasteiger partial charge in [-0.3, -0.25) is 39.4 Å². The Kier molecular flexibility index (Phi) is 18.4. The number of rotatable bonds is 16. The molecule has 0 saturated carbocycles. The molecule has 78 heavy (non-hydrogen) atoms. The Morgan fingerprint density at radius 2 is 1.50 bits per heavy atom. The summed E-state index contributed by atoms with van der Waals surface area (Å²) in [4.78, 5) is 109. The van der Waals surface area contributed by atoms with Gasteiger partial charge in [0, 0.05) is 25.0 Å². The molecule has 24 nitrogen and oxygen atoms in total. The molecule has 0 radical (unpaired) electrons. The smallest absolute Gasteiger partial charge is 0.408 e. The van der Waals surface area contributed by atoms with Crippen LogP contribution in [0, 0.1) is 26.0 Å². The van der Waals surface area contributed by atoms with E-state index >= 15 is 9.59 Å². The zero-order valence-corrected chi connectivity index (χ0v) is 43.4. The first-order valence-electron chi connectivity index (χ1n) is 23.9. The van der Waals surface area contributed by atoms with Gasteiger partial charge in [0.15, 0.2) is 11.5 Å². The molecular weight excluding hydrogens is 1030 g/mol. The first-order chi connectivity index (χ1) is 36.9. The average Bonchev–Trinajstić information content (AvgIpc) is 3.39. The summed E-state index contributed by atoms with van der Waals surface area (Å²) < 4.78 is 47.6. The van der Waals surface area contributed by atoms with Crippen LogP contribution in [-0.2, 0) is 46.3 Å². The molecule has 7 rings (SSSR count). The number of ether oxygens (including phenoxy) is 6. The van der Waals surface area contributed by atoms with E-state index in [4.69, 9.17) is 28.4 Å². The van der Waals surface area contributed by atoms with E-state index in [2.05, 4.69) is 26.6 Å². The number of hydrogen-bond donors (Lipinski definition) is 6. The largest absolute Gasteiger partial charge is 0.504 e. The highest BCUT2D eigenvalue weighted by molar-refractivity contribution is 5.97. The molecule has 0 spiro atoms. The van der Waals surface area contributed by atoms with Crippen LogP contribution in [0.25, 0.3) is 0 Å². The summed E-state index contributed by atoms with van der Waals surface area (Å²) in [5.41, 5.74) is -2.67. The van der Waals surface area contributed by atoms with Crippen LogP contribution >= 0.6 is 0 Å². The third-order valence-corrected chi connectivity index (χ3v) is 11.6. The molecule has 412 valence electrons. The topological polar surface area (TPSA) is 324 Å². The molecule has 6 N–H and O–H groups in total. The molecular formula is C53H56FN7O17. The lowest BCUT2D eigenvalue weighted by Gasteiger charge is -2.28. The van der Waals surface area contributed by atoms with Crippen molar-refractivity contribution < 1.29 is 76.5 Å². The maximum absolute atomic E-state index is 15.3. The number of nitrogens with one attached hydrogen (secondary N) is 5. The van der Waals surface area contributed by atoms with Gasteiger partial charge in [0.2, 0.25) is 40.9 Å². The highest BCUT2D eigenvalue weighted by Gasteiger charge is 2.37. The Hall–Kier alpha value is -9.55. The van der Waals surface area contributed by atoms with Gasteiger partial charge in [0.25, 0.3) is 0 Å². The Labute approximate surface area is 445 Å². The molecule has 0 unspecified atom stereocenters. The second kappa shape index (κ2) is 24.9. The van der Waals surface area contributed by atoms with E-state index in [0.717, 1.165) is 50.6 Å². The fraction of sp³-hybridized carbons (Fsp3) is 0.321. The van der Waals surface area contributed by atoms with Gasteiger partial charge in [-0.05, 0) is 111 Å². The fourth-order valence-corrected chi connectivity index (χ4v) is 8.07. The number of carbonyl (C=O) groups excluding carboxylic acids is 6. The number of nitro benzene ring substituents is 2. The van der Waals surface area contributed by atoms with E-state index in [-0.39, 0.29) is 45.7 Å². The number of phenols is 1. The van der Waals surface area contributed by atoms with Crippen molar-refractivity contribution in [3.05, 3.63) is 151 Å². The van der Waals surface area contributed by atoms with Gasteiger partial charge in [-0.2, -0.15) is 4.39 Å². The molecule has 5 aromatic rings. The summed E-state index contributed by atoms with van der Waals surface area (Å²) in [5.74, 6) is -7.95. The lowest BCUT2D eigenvalue weighted by molar-refractivity contribution is -0.387. The van der Waals surface area contributed by atoms with Crippen LogP contribution in [0.4, 0.5) is 20.6 Å². The quantitative estimate of drug-likeness (QED) is 0.0366. The molecule has 5 amide bonds. The van der Waals surface area contributed by atoms with Crippen molar-refractivity contribution in [1.29, 1.82) is 0 Å². The third-order valence-electron chi connectivity index (χ3n) is 11.6. The zero-order valence-electron chi connectivity index (χ0n) is 43.4. The van der Waals surface area contributed by atoms with Crippen LogP contribution in [0.1, 0.15) is 80.6 Å². The molecule has 5 aromatic carbocycles. The highest BCUT2D eigenvalue weighted by Crippen LogP contribution is 2.44. The SMILES string of the molecule is COC(=O)[C@H]1Cc2ccc(c([N+](=O)[O-])c2)Oc2cc(cc(O)c2OC)[C@@H](NC(=O)[C@@H](NC(=O)[C@@H](Cc2ccc(F)c([N+](=O)[O-])c2)NC(=O)OC(C)(C)C)c2cccc(OC(C)C)c2)C(=O)N[C@@H](c2ccc(OC)cc2)C(=O)N1. The number of nitrogens with zero attached hydrogens (tertiary/aromatic N) is 2. The van der Waals surface area contributed by atoms with Gasteiger partial charge >= 0.3 is 23.4 Å². The van der Waals surface area contributed by atoms with Gasteiger partial charge in [-0.15, -0.1) is 0 Å². The van der Waals surface area contributed by atoms with E-state index in [1.54, 1.807) is 40.7 Å². The van der Waals surface area contributed by atoms with Crippen molar-refractivity contribution in [1.82, 2.24) is 26.6 Å². The number of halogens is 1. The highest BCUT2D eigenvalue weighted by atomic mass is 19.1. The fourth-order valence-electron chi connectivity index (χ4n) is 8.07. The lowest BCUT2D eigenvalue weighted by Crippen LogP contribution is -2.53. The number of fused-ring (bicyclic) bond motifs is 9. The summed E-state index contributed by atoms with van der Waals surface area (Å²) in [6, 6.07) is 11.5. The molecule has 2 aliphatic heterocycles. The van der Waals surface area contributed by atoms with Crippen LogP contribution in [0.3, 0.4) is 0 Å². The van der Waals surface area contributed by atoms with Gasteiger partial charge in [-0.25, -0.2) is 9.59 Å². The predicted octanol–water partition coefficient (Wildman–Crippen LogP) is 6.17. The Morgan fingerprint density at radius 1 is 0.795 bits per heavy atom. The van der Waals surface area contributed by atoms with Crippen molar-refractivity contribution in [2.24, 2.45) is 0 Å². The molecule has 0 aliphatic carbocycles. The lowest BCUT2D eigenvalue weighted by atomic mass is 9.99. The van der Waals surface area contributed by atoms with Crippen LogP contribution in [0.5, 0.6) is 34.5 Å². The van der Waals surface area contributed by atoms with Crippen molar-refractivity contribution >= 4 is 47.1 Å². The summed E-state index contributed by atoms with van der Waals surface area (Å²) in [5, 5.41) is 48.5. The van der Waals surface area contributed by atoms with E-state index in [0.29, 0.717) is 5.75 Å². The maximum atomic E-state index is 15.3. The van der Waals surface area contributed by atoms with Gasteiger partial charge in [0.05, 0.1) is 37.3 Å². The van der Waals surface area contributed by atoms with Gasteiger partial charge in [-0.1, -0.05) is 36.4 Å². The normalized spacial score (nSPS) is 16.2. The van der Waals surface area contributed by atoms with Gasteiger partial charge in [0.1, 0.15) is 47.3 Å². The van der Waals surface area contributed by atoms with Crippen molar-refractivity contribution in [2.75, 3.05) is 21.3 Å². The standard InChI is InChI=1S/C53H56FN7O17/c1-27(2)76-34-11-9-10-31(24-34)44(57-47(63)36(56-52(68)78-53(3,4)5)20-28-12-18-35(54)38(22-28)60(69)70)49(65)59-45-32-25-40(62)46(74-7)42(26-32)77-41-19-13-29(23-39(41)61(71)72)21-37(51(67)75-8)55-48(64)43(58-50(45)66)30-14-16-33(73-6)17-15-30/h9-19,22-27,36-37,43-45,62H,20-21H2,1-8H3,(H,55,64)(H,56,68)(H,57,63)(H,58,66)(H,59,65)/t36-,37-,43+,44+,45-/m1/s1. The Balaban J connectivity index is 1.53.